The largest absolute Gasteiger partial charge is 0.479 e. The molecule has 1 heterocycles. The fraction of sp³-hybridized carbons (Fsp3) is 0.500. The number of hydrogen-bond donors (Lipinski definition) is 1. The smallest absolute Gasteiger partial charge is 0.343 e. The van der Waals surface area contributed by atoms with Crippen molar-refractivity contribution in [3.63, 3.8) is 0 Å². The zero-order valence-electron chi connectivity index (χ0n) is 12.3. The Kier molecular flexibility index (Phi) is 4.30. The van der Waals surface area contributed by atoms with E-state index in [4.69, 9.17) is 5.11 Å². The van der Waals surface area contributed by atoms with Gasteiger partial charge in [0.1, 0.15) is 0 Å². The fourth-order valence-corrected chi connectivity index (χ4v) is 2.81. The van der Waals surface area contributed by atoms with Crippen molar-refractivity contribution in [1.82, 2.24) is 4.90 Å². The number of carboxylic acid groups (broad SMARTS) is 1. The molecule has 0 aliphatic carbocycles. The van der Waals surface area contributed by atoms with Crippen LogP contribution in [-0.2, 0) is 9.59 Å². The number of rotatable bonds is 4. The van der Waals surface area contributed by atoms with Crippen LogP contribution in [0.2, 0.25) is 0 Å². The topological polar surface area (TPSA) is 57.6 Å². The van der Waals surface area contributed by atoms with Crippen molar-refractivity contribution < 1.29 is 19.1 Å². The normalized spacial score (nSPS) is 23.3. The van der Waals surface area contributed by atoms with Crippen molar-refractivity contribution >= 4 is 11.9 Å². The number of halogens is 1. The van der Waals surface area contributed by atoms with Gasteiger partial charge < -0.3 is 10.0 Å². The van der Waals surface area contributed by atoms with Gasteiger partial charge in [0.15, 0.2) is 0 Å². The Labute approximate surface area is 123 Å². The summed E-state index contributed by atoms with van der Waals surface area (Å²) < 4.78 is 14.1. The summed E-state index contributed by atoms with van der Waals surface area (Å²) in [6.45, 7) is 3.66. The summed E-state index contributed by atoms with van der Waals surface area (Å²) in [5, 5.41) is 8.92. The highest BCUT2D eigenvalue weighted by molar-refractivity contribution is 5.86. The van der Waals surface area contributed by atoms with E-state index in [9.17, 15) is 14.0 Å². The molecule has 0 bridgehead atoms. The number of alkyl halides is 1. The summed E-state index contributed by atoms with van der Waals surface area (Å²) in [6, 6.07) is 9.34. The van der Waals surface area contributed by atoms with Crippen LogP contribution in [0.1, 0.15) is 31.7 Å². The van der Waals surface area contributed by atoms with Gasteiger partial charge in [-0.1, -0.05) is 44.2 Å². The van der Waals surface area contributed by atoms with E-state index in [-0.39, 0.29) is 37.3 Å². The van der Waals surface area contributed by atoms with Crippen LogP contribution in [0.25, 0.3) is 0 Å². The summed E-state index contributed by atoms with van der Waals surface area (Å²) in [6.07, 6.45) is -0.145. The molecule has 0 radical (unpaired) electrons. The van der Waals surface area contributed by atoms with Crippen LogP contribution >= 0.6 is 0 Å². The van der Waals surface area contributed by atoms with E-state index in [0.717, 1.165) is 5.56 Å². The van der Waals surface area contributed by atoms with Crippen molar-refractivity contribution in [2.24, 2.45) is 5.92 Å². The second-order valence-corrected chi connectivity index (χ2v) is 5.91. The number of nitrogens with zero attached hydrogens (tertiary/aromatic N) is 1. The van der Waals surface area contributed by atoms with Gasteiger partial charge in [0, 0.05) is 13.0 Å². The Balaban J connectivity index is 2.20. The molecule has 1 aliphatic heterocycles. The first-order valence-corrected chi connectivity index (χ1v) is 7.11. The third kappa shape index (κ3) is 3.06. The first-order valence-electron chi connectivity index (χ1n) is 7.11. The van der Waals surface area contributed by atoms with Crippen molar-refractivity contribution in [1.29, 1.82) is 0 Å². The van der Waals surface area contributed by atoms with Gasteiger partial charge in [-0.15, -0.1) is 0 Å². The average molecular weight is 293 g/mol. The Morgan fingerprint density at radius 1 is 1.29 bits per heavy atom. The van der Waals surface area contributed by atoms with Crippen LogP contribution in [0.5, 0.6) is 0 Å². The Hall–Kier alpha value is -1.91. The molecule has 1 saturated heterocycles. The molecule has 5 heteroatoms. The maximum absolute atomic E-state index is 14.1. The Morgan fingerprint density at radius 3 is 2.38 bits per heavy atom. The number of carboxylic acids is 1. The number of likely N-dealkylation sites (tertiary alicyclic amines) is 1. The van der Waals surface area contributed by atoms with Crippen LogP contribution in [0, 0.1) is 5.92 Å². The van der Waals surface area contributed by atoms with Crippen LogP contribution < -0.4 is 0 Å². The second-order valence-electron chi connectivity index (χ2n) is 5.91. The van der Waals surface area contributed by atoms with Gasteiger partial charge in [0.2, 0.25) is 11.6 Å². The monoisotopic (exact) mass is 293 g/mol. The third-order valence-electron chi connectivity index (χ3n) is 4.01. The van der Waals surface area contributed by atoms with Gasteiger partial charge in [-0.3, -0.25) is 4.79 Å². The van der Waals surface area contributed by atoms with E-state index >= 15 is 0 Å². The van der Waals surface area contributed by atoms with Crippen LogP contribution in [0.3, 0.4) is 0 Å². The zero-order valence-corrected chi connectivity index (χ0v) is 12.3. The van der Waals surface area contributed by atoms with Gasteiger partial charge in [0.25, 0.3) is 0 Å². The predicted molar refractivity (Wildman–Crippen MR) is 76.7 cm³/mol. The third-order valence-corrected chi connectivity index (χ3v) is 4.01. The van der Waals surface area contributed by atoms with Gasteiger partial charge in [-0.25, -0.2) is 9.18 Å². The highest BCUT2D eigenvalue weighted by atomic mass is 19.1. The maximum atomic E-state index is 14.1. The zero-order chi connectivity index (χ0) is 15.6. The molecule has 1 aromatic rings. The molecule has 0 aromatic heterocycles. The molecule has 1 N–H and O–H groups in total. The summed E-state index contributed by atoms with van der Waals surface area (Å²) in [5.74, 6) is -2.00. The van der Waals surface area contributed by atoms with Gasteiger partial charge in [-0.05, 0) is 11.5 Å². The van der Waals surface area contributed by atoms with Crippen LogP contribution in [0.4, 0.5) is 4.39 Å². The standard InChI is InChI=1S/C16H20FNO3/c1-11(2)13(12-6-4-3-5-7-12)14(19)18-9-8-16(17,10-18)15(20)21/h3-7,11,13H,8-10H2,1-2H3,(H,20,21). The molecule has 0 spiro atoms. The maximum Gasteiger partial charge on any atom is 0.343 e. The van der Waals surface area contributed by atoms with Crippen molar-refractivity contribution in [3.8, 4) is 0 Å². The molecule has 1 aromatic carbocycles. The number of hydrogen-bond acceptors (Lipinski definition) is 2. The minimum Gasteiger partial charge on any atom is -0.479 e. The molecule has 4 nitrogen and oxygen atoms in total. The average Bonchev–Trinajstić information content (AvgIpc) is 2.84. The first kappa shape index (κ1) is 15.5. The van der Waals surface area contributed by atoms with E-state index in [1.165, 1.54) is 4.90 Å². The number of aliphatic carboxylic acids is 1. The number of benzene rings is 1. The van der Waals surface area contributed by atoms with E-state index in [1.807, 2.05) is 44.2 Å². The van der Waals surface area contributed by atoms with Crippen LogP contribution in [0.15, 0.2) is 30.3 Å². The summed E-state index contributed by atoms with van der Waals surface area (Å²) in [5.41, 5.74) is -1.43. The molecule has 1 amide bonds. The van der Waals surface area contributed by atoms with Crippen LogP contribution in [-0.4, -0.2) is 40.6 Å². The fourth-order valence-electron chi connectivity index (χ4n) is 2.81. The quantitative estimate of drug-likeness (QED) is 0.927. The number of carbonyl (C=O) groups excluding carboxylic acids is 1. The minimum atomic E-state index is -2.31. The minimum absolute atomic E-state index is 0.0549. The Morgan fingerprint density at radius 2 is 1.90 bits per heavy atom. The van der Waals surface area contributed by atoms with Gasteiger partial charge in [0.05, 0.1) is 12.5 Å². The van der Waals surface area contributed by atoms with Gasteiger partial charge in [-0.2, -0.15) is 0 Å². The van der Waals surface area contributed by atoms with Crippen molar-refractivity contribution in [3.05, 3.63) is 35.9 Å². The SMILES string of the molecule is CC(C)C(C(=O)N1CCC(F)(C(=O)O)C1)c1ccccc1. The lowest BCUT2D eigenvalue weighted by atomic mass is 9.87. The highest BCUT2D eigenvalue weighted by Gasteiger charge is 2.48. The predicted octanol–water partition coefficient (Wildman–Crippen LogP) is 2.45. The number of carbonyl (C=O) groups is 2. The van der Waals surface area contributed by atoms with Gasteiger partial charge >= 0.3 is 5.97 Å². The Bertz CT molecular complexity index is 532. The molecule has 114 valence electrons. The van der Waals surface area contributed by atoms with E-state index < -0.39 is 11.6 Å². The molecular formula is C16H20FNO3. The lowest BCUT2D eigenvalue weighted by Gasteiger charge is -2.26. The molecule has 21 heavy (non-hydrogen) atoms. The first-order chi connectivity index (χ1) is 9.85. The molecule has 2 atom stereocenters. The molecule has 2 rings (SSSR count). The molecule has 0 saturated carbocycles. The van der Waals surface area contributed by atoms with E-state index in [0.29, 0.717) is 0 Å². The summed E-state index contributed by atoms with van der Waals surface area (Å²) in [7, 11) is 0. The lowest BCUT2D eigenvalue weighted by molar-refractivity contribution is -0.150. The highest BCUT2D eigenvalue weighted by Crippen LogP contribution is 2.32. The molecule has 1 fully saturated rings. The van der Waals surface area contributed by atoms with Crippen molar-refractivity contribution in [2.45, 2.75) is 31.9 Å². The lowest BCUT2D eigenvalue weighted by Crippen LogP contribution is -2.41. The molecule has 2 unspecified atom stereocenters. The molecular weight excluding hydrogens is 273 g/mol. The van der Waals surface area contributed by atoms with Crippen molar-refractivity contribution in [2.75, 3.05) is 13.1 Å². The van der Waals surface area contributed by atoms with E-state index in [2.05, 4.69) is 0 Å². The summed E-state index contributed by atoms with van der Waals surface area (Å²) >= 11 is 0. The summed E-state index contributed by atoms with van der Waals surface area (Å²) in [4.78, 5) is 25.0. The van der Waals surface area contributed by atoms with E-state index in [1.54, 1.807) is 0 Å². The number of amides is 1. The molecule has 1 aliphatic rings. The second kappa shape index (κ2) is 5.84.